The summed E-state index contributed by atoms with van der Waals surface area (Å²) in [5, 5.41) is 15.3. The predicted octanol–water partition coefficient (Wildman–Crippen LogP) is 15.3. The first-order valence-corrected chi connectivity index (χ1v) is 38.1. The predicted molar refractivity (Wildman–Crippen MR) is 344 cm³/mol. The molecule has 2 saturated heterocycles. The van der Waals surface area contributed by atoms with Gasteiger partial charge in [0, 0.05) is 40.5 Å². The number of nitrogens with one attached hydrogen (secondary N) is 1. The number of phosphoric ester groups is 2. The van der Waals surface area contributed by atoms with Gasteiger partial charge in [0.25, 0.3) is 0 Å². The monoisotopic (exact) mass is 1290 g/mol. The lowest BCUT2D eigenvalue weighted by Crippen LogP contribution is -2.67. The zero-order chi connectivity index (χ0) is 63.6. The summed E-state index contributed by atoms with van der Waals surface area (Å²) < 4.78 is 86.1. The first-order chi connectivity index (χ1) is 42.1. The van der Waals surface area contributed by atoms with Crippen molar-refractivity contribution in [2.45, 2.75) is 358 Å². The number of hydrogen-bond acceptors (Lipinski definition) is 14. The fourth-order valence-electron chi connectivity index (χ4n) is 11.7. The van der Waals surface area contributed by atoms with Crippen LogP contribution in [0.3, 0.4) is 0 Å². The van der Waals surface area contributed by atoms with Crippen molar-refractivity contribution in [3.05, 3.63) is 12.2 Å². The minimum atomic E-state index is -5.22. The fourth-order valence-corrected chi connectivity index (χ4v) is 12.7. The van der Waals surface area contributed by atoms with Gasteiger partial charge in [-0.3, -0.25) is 13.8 Å². The van der Waals surface area contributed by atoms with Crippen LogP contribution in [-0.2, 0) is 60.9 Å². The van der Waals surface area contributed by atoms with Gasteiger partial charge in [-0.2, -0.15) is 0 Å². The van der Waals surface area contributed by atoms with Crippen LogP contribution in [0.15, 0.2) is 12.2 Å². The largest absolute Gasteiger partial charge is 0.472 e. The lowest BCUT2D eigenvalue weighted by Gasteiger charge is -2.47. The summed E-state index contributed by atoms with van der Waals surface area (Å²) in [5.41, 5.74) is 0. The maximum absolute atomic E-state index is 14.1. The molecule has 0 unspecified atom stereocenters. The van der Waals surface area contributed by atoms with E-state index in [1.54, 1.807) is 7.11 Å². The second-order valence-electron chi connectivity index (χ2n) is 24.7. The summed E-state index contributed by atoms with van der Waals surface area (Å²) in [6.45, 7) is 8.59. The number of rotatable bonds is 60. The zero-order valence-electron chi connectivity index (χ0n) is 55.5. The first-order valence-electron chi connectivity index (χ1n) is 35.0. The van der Waals surface area contributed by atoms with Crippen LogP contribution in [0, 0.1) is 0 Å². The van der Waals surface area contributed by atoms with Crippen molar-refractivity contribution in [1.29, 1.82) is 0 Å². The highest BCUT2D eigenvalue weighted by atomic mass is 31.2. The van der Waals surface area contributed by atoms with Crippen LogP contribution >= 0.6 is 15.6 Å². The van der Waals surface area contributed by atoms with Crippen molar-refractivity contribution in [3.63, 3.8) is 0 Å². The Balaban J connectivity index is 2.41. The van der Waals surface area contributed by atoms with Crippen molar-refractivity contribution in [2.24, 2.45) is 0 Å². The minimum absolute atomic E-state index is 0.0522. The minimum Gasteiger partial charge on any atom is -0.387 e. The molecule has 2 fully saturated rings. The molecule has 0 bridgehead atoms. The molecule has 0 aromatic carbocycles. The Morgan fingerprint density at radius 2 is 0.885 bits per heavy atom. The fraction of sp³-hybridized carbons (Fsp3) is 0.955. The quantitative estimate of drug-likeness (QED) is 0.0188. The molecule has 516 valence electrons. The van der Waals surface area contributed by atoms with Gasteiger partial charge in [-0.25, -0.2) is 9.13 Å². The molecule has 11 atom stereocenters. The molecule has 2 aliphatic rings. The van der Waals surface area contributed by atoms with Gasteiger partial charge in [0.1, 0.15) is 48.8 Å². The number of methoxy groups -OCH3 is 2. The van der Waals surface area contributed by atoms with Crippen molar-refractivity contribution in [2.75, 3.05) is 47.3 Å². The van der Waals surface area contributed by atoms with Crippen LogP contribution in [0.2, 0.25) is 0 Å². The first kappa shape index (κ1) is 82.2. The number of amides is 1. The molecule has 0 aromatic rings. The van der Waals surface area contributed by atoms with Crippen LogP contribution in [0.1, 0.15) is 291 Å². The summed E-state index contributed by atoms with van der Waals surface area (Å²) >= 11 is 0. The molecule has 0 radical (unpaired) electrons. The van der Waals surface area contributed by atoms with E-state index >= 15 is 0 Å². The molecule has 2 rings (SSSR count). The van der Waals surface area contributed by atoms with Crippen molar-refractivity contribution >= 4 is 21.6 Å². The highest BCUT2D eigenvalue weighted by Gasteiger charge is 2.53. The maximum Gasteiger partial charge on any atom is 0.472 e. The van der Waals surface area contributed by atoms with E-state index in [1.807, 2.05) is 0 Å². The van der Waals surface area contributed by atoms with Crippen molar-refractivity contribution < 1.29 is 85.5 Å². The highest BCUT2D eigenvalue weighted by Crippen LogP contribution is 2.44. The maximum atomic E-state index is 14.1. The van der Waals surface area contributed by atoms with Crippen molar-refractivity contribution in [3.8, 4) is 0 Å². The molecule has 1 amide bonds. The molecule has 2 heterocycles. The highest BCUT2D eigenvalue weighted by molar-refractivity contribution is 7.46. The summed E-state index contributed by atoms with van der Waals surface area (Å²) in [6.07, 6.45) is 35.1. The average Bonchev–Trinajstić information content (AvgIpc) is 1.19. The van der Waals surface area contributed by atoms with E-state index in [1.165, 1.54) is 110 Å². The molecular weight excluding hydrogens is 1160 g/mol. The van der Waals surface area contributed by atoms with E-state index in [-0.39, 0.29) is 44.9 Å². The summed E-state index contributed by atoms with van der Waals surface area (Å²) in [5.74, 6) is -0.378. The van der Waals surface area contributed by atoms with Crippen LogP contribution in [-0.4, -0.2) is 145 Å². The summed E-state index contributed by atoms with van der Waals surface area (Å²) in [6, 6.07) is -1.25. The van der Waals surface area contributed by atoms with Crippen LogP contribution < -0.4 is 5.32 Å². The van der Waals surface area contributed by atoms with E-state index in [0.29, 0.717) is 25.7 Å². The van der Waals surface area contributed by atoms with Crippen molar-refractivity contribution in [1.82, 2.24) is 5.32 Å². The van der Waals surface area contributed by atoms with Gasteiger partial charge in [0.2, 0.25) is 5.91 Å². The lowest BCUT2D eigenvalue weighted by molar-refractivity contribution is -0.319. The summed E-state index contributed by atoms with van der Waals surface area (Å²) in [7, 11) is -7.41. The Hall–Kier alpha value is -0.930. The zero-order valence-corrected chi connectivity index (χ0v) is 57.3. The normalized spacial score (nSPS) is 23.3. The van der Waals surface area contributed by atoms with Gasteiger partial charge >= 0.3 is 15.6 Å². The molecule has 0 spiro atoms. The molecule has 21 heteroatoms. The molecule has 0 aromatic heterocycles. The standard InChI is InChI=1S/C66H129NO18P2/c1-7-11-15-19-22-25-28-29-30-31-32-33-36-40-44-48-58(68)67-59-62(80-52-49-55(77-6)47-43-39-18-14-10-4)61(84-86(70,71)72)57(53-76-5)83-65(59)81-54-56-60(69)63(78-50-45-41-37-34-26-23-20-16-12-8-2)64(66(82-56)85-87(73,74)75)79-51-46-42-38-35-27-24-21-17-13-9-3/h29-30,55-57,59-66,69H,7-28,31-54H2,1-6H3,(H,67,68)(H2,70,71,72)(H2,73,74,75)/b30-29+/t55-,56-,57-,59-,60-,61-,62-,63+,64-,65-,66+/m1/s1. The molecular formula is C66H129NO18P2. The third-order valence-corrected chi connectivity index (χ3v) is 17.8. The number of aliphatic hydroxyl groups is 1. The van der Waals surface area contributed by atoms with E-state index < -0.39 is 83.6 Å². The van der Waals surface area contributed by atoms with E-state index in [0.717, 1.165) is 128 Å². The average molecular weight is 1290 g/mol. The smallest absolute Gasteiger partial charge is 0.387 e. The molecule has 2 aliphatic heterocycles. The number of carbonyl (C=O) groups is 1. The Bertz CT molecular complexity index is 1730. The van der Waals surface area contributed by atoms with Crippen LogP contribution in [0.5, 0.6) is 0 Å². The SMILES string of the molecule is CCCCCCCC/C=C/CCCCCCCC(=O)N[C@H]1[C@H](OC[C@H]2O[C@@H](OP(=O)(O)O)[C@H](OCCCCCCCCCCCC)[C@@H](OCCCCCCCCCCCC)[C@@H]2O)O[C@H](COC)[C@@H](OP(=O)(O)O)[C@@H]1OCC[C@@H](CCCCCCC)OC. The third-order valence-electron chi connectivity index (χ3n) is 16.8. The number of unbranched alkanes of at least 4 members (excludes halogenated alkanes) is 33. The van der Waals surface area contributed by atoms with Crippen LogP contribution in [0.4, 0.5) is 0 Å². The van der Waals surface area contributed by atoms with E-state index in [9.17, 15) is 38.6 Å². The Morgan fingerprint density at radius 3 is 1.36 bits per heavy atom. The Morgan fingerprint density at radius 1 is 0.460 bits per heavy atom. The van der Waals surface area contributed by atoms with Crippen LogP contribution in [0.25, 0.3) is 0 Å². The van der Waals surface area contributed by atoms with E-state index in [4.69, 9.17) is 46.9 Å². The molecule has 6 N–H and O–H groups in total. The number of phosphoric acid groups is 2. The molecule has 19 nitrogen and oxygen atoms in total. The Labute approximate surface area is 528 Å². The van der Waals surface area contributed by atoms with Gasteiger partial charge in [0.05, 0.1) is 19.3 Å². The third kappa shape index (κ3) is 41.4. The van der Waals surface area contributed by atoms with Gasteiger partial charge in [-0.1, -0.05) is 239 Å². The second-order valence-corrected chi connectivity index (χ2v) is 27.1. The second kappa shape index (κ2) is 53.4. The number of aliphatic hydroxyl groups excluding tert-OH is 1. The molecule has 0 saturated carbocycles. The Kier molecular flexibility index (Phi) is 50.5. The number of allylic oxidation sites excluding steroid dienone is 2. The van der Waals surface area contributed by atoms with E-state index in [2.05, 4.69) is 45.2 Å². The van der Waals surface area contributed by atoms with Gasteiger partial charge in [-0.15, -0.1) is 0 Å². The molecule has 87 heavy (non-hydrogen) atoms. The number of carbonyl (C=O) groups excluding carboxylic acids is 1. The number of hydrogen-bond donors (Lipinski definition) is 6. The van der Waals surface area contributed by atoms with Gasteiger partial charge in [-0.05, 0) is 57.8 Å². The molecule has 0 aliphatic carbocycles. The summed E-state index contributed by atoms with van der Waals surface area (Å²) in [4.78, 5) is 55.3. The lowest BCUT2D eigenvalue weighted by atomic mass is 9.95. The topological polar surface area (TPSA) is 257 Å². The van der Waals surface area contributed by atoms with Gasteiger partial charge < -0.3 is 67.9 Å². The van der Waals surface area contributed by atoms with Gasteiger partial charge in [0.15, 0.2) is 12.6 Å². The number of ether oxygens (including phenoxy) is 8.